The first-order valence-electron chi connectivity index (χ1n) is 8.88. The van der Waals surface area contributed by atoms with Gasteiger partial charge in [0, 0.05) is 25.6 Å². The zero-order valence-electron chi connectivity index (χ0n) is 16.3. The highest BCUT2D eigenvalue weighted by atomic mass is 16.2. The van der Waals surface area contributed by atoms with Gasteiger partial charge in [0.25, 0.3) is 0 Å². The Labute approximate surface area is 151 Å². The van der Waals surface area contributed by atoms with Gasteiger partial charge >= 0.3 is 0 Å². The Balaban J connectivity index is 0.00000277. The molecular formula is C20H32N2O3. The van der Waals surface area contributed by atoms with E-state index in [1.165, 1.54) is 0 Å². The lowest BCUT2D eigenvalue weighted by Crippen LogP contribution is -2.43. The smallest absolute Gasteiger partial charge is 0.237 e. The van der Waals surface area contributed by atoms with Gasteiger partial charge in [-0.2, -0.15) is 0 Å². The van der Waals surface area contributed by atoms with Crippen LogP contribution in [0.15, 0.2) is 18.2 Å². The first-order valence-corrected chi connectivity index (χ1v) is 8.88. The van der Waals surface area contributed by atoms with Gasteiger partial charge in [0.15, 0.2) is 0 Å². The van der Waals surface area contributed by atoms with Gasteiger partial charge in [-0.3, -0.25) is 14.5 Å². The first kappa shape index (κ1) is 23.0. The van der Waals surface area contributed by atoms with Crippen LogP contribution in [0.3, 0.4) is 0 Å². The third-order valence-electron chi connectivity index (χ3n) is 4.02. The molecule has 5 nitrogen and oxygen atoms in total. The molecule has 1 N–H and O–H groups in total. The second kappa shape index (κ2) is 12.4. The average Bonchev–Trinajstić information content (AvgIpc) is 2.63. The quantitative estimate of drug-likeness (QED) is 0.696. The minimum Gasteiger partial charge on any atom is -0.358 e. The lowest BCUT2D eigenvalue weighted by Gasteiger charge is -2.27. The van der Waals surface area contributed by atoms with E-state index >= 15 is 0 Å². The van der Waals surface area contributed by atoms with Crippen LogP contribution in [0, 0.1) is 0 Å². The predicted molar refractivity (Wildman–Crippen MR) is 102 cm³/mol. The number of hydrogen-bond donors (Lipinski definition) is 1. The third-order valence-corrected chi connectivity index (χ3v) is 4.02. The van der Waals surface area contributed by atoms with E-state index in [9.17, 15) is 14.4 Å². The number of nitrogens with one attached hydrogen (secondary N) is 1. The van der Waals surface area contributed by atoms with Gasteiger partial charge in [-0.25, -0.2) is 0 Å². The number of aldehydes is 2. The highest BCUT2D eigenvalue weighted by Gasteiger charge is 2.22. The van der Waals surface area contributed by atoms with Crippen LogP contribution in [0.5, 0.6) is 0 Å². The molecular weight excluding hydrogens is 316 g/mol. The van der Waals surface area contributed by atoms with Crippen molar-refractivity contribution in [1.29, 1.82) is 0 Å². The first-order chi connectivity index (χ1) is 11.9. The van der Waals surface area contributed by atoms with Crippen LogP contribution in [0.4, 0.5) is 0 Å². The Bertz CT molecular complexity index is 556. The van der Waals surface area contributed by atoms with Crippen molar-refractivity contribution in [2.24, 2.45) is 0 Å². The van der Waals surface area contributed by atoms with Crippen LogP contribution in [-0.2, 0) is 16.1 Å². The van der Waals surface area contributed by atoms with Crippen molar-refractivity contribution in [3.8, 4) is 0 Å². The fourth-order valence-electron chi connectivity index (χ4n) is 2.56. The molecule has 1 aromatic carbocycles. The summed E-state index contributed by atoms with van der Waals surface area (Å²) in [4.78, 5) is 35.8. The number of rotatable bonds is 9. The molecule has 1 unspecified atom stereocenters. The van der Waals surface area contributed by atoms with Crippen LogP contribution in [0.2, 0.25) is 0 Å². The number of hydrogen-bond acceptors (Lipinski definition) is 4. The maximum Gasteiger partial charge on any atom is 0.237 e. The summed E-state index contributed by atoms with van der Waals surface area (Å²) in [5.41, 5.74) is 2.68. The van der Waals surface area contributed by atoms with Crippen molar-refractivity contribution < 1.29 is 14.4 Å². The van der Waals surface area contributed by atoms with E-state index in [2.05, 4.69) is 19.2 Å². The summed E-state index contributed by atoms with van der Waals surface area (Å²) in [6, 6.07) is 5.41. The largest absolute Gasteiger partial charge is 0.358 e. The Kier molecular flexibility index (Phi) is 11.4. The lowest BCUT2D eigenvalue weighted by molar-refractivity contribution is -0.126. The highest BCUT2D eigenvalue weighted by Crippen LogP contribution is 2.20. The molecule has 0 aliphatic rings. The Morgan fingerprint density at radius 2 is 1.88 bits per heavy atom. The van der Waals surface area contributed by atoms with Crippen molar-refractivity contribution in [3.05, 3.63) is 34.9 Å². The van der Waals surface area contributed by atoms with Crippen molar-refractivity contribution in [2.45, 2.75) is 59.0 Å². The zero-order valence-corrected chi connectivity index (χ0v) is 16.3. The number of benzene rings is 1. The standard InChI is InChI=1S/C18H26N2O3.C2H6/c1-13(2)14-7-8-15(12-22)16(10-14)11-20(4)17(6-5-9-21)18(23)19-3;1-2/h7-10,12-13,17H,5-6,11H2,1-4H3,(H,19,23);1-2H3. The molecule has 1 aromatic rings. The second-order valence-corrected chi connectivity index (χ2v) is 6.02. The summed E-state index contributed by atoms with van der Waals surface area (Å²) in [7, 11) is 3.42. The molecule has 25 heavy (non-hydrogen) atoms. The van der Waals surface area contributed by atoms with Crippen LogP contribution in [0.1, 0.15) is 67.9 Å². The molecule has 0 aliphatic carbocycles. The number of carbonyl (C=O) groups is 3. The average molecular weight is 348 g/mol. The molecule has 1 amide bonds. The maximum absolute atomic E-state index is 12.0. The van der Waals surface area contributed by atoms with E-state index < -0.39 is 6.04 Å². The van der Waals surface area contributed by atoms with Gasteiger partial charge in [-0.15, -0.1) is 0 Å². The van der Waals surface area contributed by atoms with Gasteiger partial charge in [-0.1, -0.05) is 45.9 Å². The molecule has 1 rings (SSSR count). The maximum atomic E-state index is 12.0. The minimum atomic E-state index is -0.396. The molecule has 0 saturated carbocycles. The molecule has 0 saturated heterocycles. The summed E-state index contributed by atoms with van der Waals surface area (Å²) in [5, 5.41) is 2.63. The lowest BCUT2D eigenvalue weighted by atomic mass is 9.97. The third kappa shape index (κ3) is 7.18. The fourth-order valence-corrected chi connectivity index (χ4v) is 2.56. The normalized spacial score (nSPS) is 11.5. The van der Waals surface area contributed by atoms with Crippen LogP contribution >= 0.6 is 0 Å². The molecule has 140 valence electrons. The summed E-state index contributed by atoms with van der Waals surface area (Å²) < 4.78 is 0. The number of carbonyl (C=O) groups excluding carboxylic acids is 3. The highest BCUT2D eigenvalue weighted by molar-refractivity contribution is 5.82. The van der Waals surface area contributed by atoms with E-state index in [0.717, 1.165) is 23.7 Å². The van der Waals surface area contributed by atoms with E-state index in [1.54, 1.807) is 7.05 Å². The molecule has 1 atom stereocenters. The van der Waals surface area contributed by atoms with Crippen molar-refractivity contribution >= 4 is 18.5 Å². The summed E-state index contributed by atoms with van der Waals surface area (Å²) in [5.74, 6) is 0.242. The van der Waals surface area contributed by atoms with Gasteiger partial charge < -0.3 is 10.1 Å². The van der Waals surface area contributed by atoms with E-state index in [-0.39, 0.29) is 5.91 Å². The molecule has 0 radical (unpaired) electrons. The minimum absolute atomic E-state index is 0.123. The van der Waals surface area contributed by atoms with Crippen LogP contribution in [0.25, 0.3) is 0 Å². The Hall–Kier alpha value is -2.01. The number of nitrogens with zero attached hydrogens (tertiary/aromatic N) is 1. The summed E-state index contributed by atoms with van der Waals surface area (Å²) in [6.07, 6.45) is 2.45. The molecule has 5 heteroatoms. The van der Waals surface area contributed by atoms with E-state index in [1.807, 2.05) is 44.0 Å². The van der Waals surface area contributed by atoms with E-state index in [4.69, 9.17) is 0 Å². The Morgan fingerprint density at radius 1 is 1.24 bits per heavy atom. The Morgan fingerprint density at radius 3 is 2.36 bits per heavy atom. The molecule has 0 heterocycles. The van der Waals surface area contributed by atoms with Gasteiger partial charge in [-0.05, 0) is 30.5 Å². The van der Waals surface area contributed by atoms with Crippen molar-refractivity contribution in [2.75, 3.05) is 14.1 Å². The zero-order chi connectivity index (χ0) is 19.4. The fraction of sp³-hybridized carbons (Fsp3) is 0.550. The van der Waals surface area contributed by atoms with E-state index in [0.29, 0.717) is 30.9 Å². The molecule has 0 spiro atoms. The topological polar surface area (TPSA) is 66.5 Å². The molecule has 0 aromatic heterocycles. The van der Waals surface area contributed by atoms with Crippen molar-refractivity contribution in [3.63, 3.8) is 0 Å². The summed E-state index contributed by atoms with van der Waals surface area (Å²) in [6.45, 7) is 8.67. The van der Waals surface area contributed by atoms with Gasteiger partial charge in [0.2, 0.25) is 5.91 Å². The second-order valence-electron chi connectivity index (χ2n) is 6.02. The van der Waals surface area contributed by atoms with Gasteiger partial charge in [0.1, 0.15) is 12.6 Å². The van der Waals surface area contributed by atoms with Crippen LogP contribution in [-0.4, -0.2) is 43.5 Å². The number of amides is 1. The molecule has 0 bridgehead atoms. The van der Waals surface area contributed by atoms with Crippen LogP contribution < -0.4 is 5.32 Å². The monoisotopic (exact) mass is 348 g/mol. The van der Waals surface area contributed by atoms with Gasteiger partial charge in [0.05, 0.1) is 6.04 Å². The number of likely N-dealkylation sites (N-methyl/N-ethyl adjacent to an activating group) is 2. The molecule has 0 fully saturated rings. The molecule has 0 aliphatic heterocycles. The summed E-state index contributed by atoms with van der Waals surface area (Å²) >= 11 is 0. The SMILES string of the molecule is CC.CNC(=O)C(CCC=O)N(C)Cc1cc(C(C)C)ccc1C=O. The van der Waals surface area contributed by atoms with Crippen molar-refractivity contribution in [1.82, 2.24) is 10.2 Å². The predicted octanol–water partition coefficient (Wildman–Crippen LogP) is 3.17.